The van der Waals surface area contributed by atoms with E-state index in [0.29, 0.717) is 33.2 Å². The molecule has 0 aromatic rings. The average molecular weight is 391 g/mol. The van der Waals surface area contributed by atoms with Crippen molar-refractivity contribution < 1.29 is 0 Å². The maximum Gasteiger partial charge on any atom is 0.145 e. The highest BCUT2D eigenvalue weighted by Gasteiger charge is 2.42. The minimum Gasteiger partial charge on any atom is -0.130 e. The molecule has 0 bridgehead atoms. The maximum atomic E-state index is 3.83. The van der Waals surface area contributed by atoms with Crippen molar-refractivity contribution in [2.45, 2.75) is 129 Å². The number of unbranched alkanes of at least 4 members (excludes halogenated alkanes) is 1. The first kappa shape index (κ1) is 25.6. The van der Waals surface area contributed by atoms with Crippen LogP contribution < -0.4 is 0 Å². The molecular weight excluding hydrogens is 344 g/mol. The van der Waals surface area contributed by atoms with Crippen LogP contribution in [0.15, 0.2) is 0 Å². The third-order valence-electron chi connectivity index (χ3n) is 6.72. The Morgan fingerprint density at radius 3 is 0.769 bits per heavy atom. The molecule has 0 aromatic carbocycles. The Morgan fingerprint density at radius 2 is 0.615 bits per heavy atom. The standard InChI is InChI=1S/C24H46Si2/c1-19(2)25(20(3)4,21(5)6)17-15-13-14-16-18-26(22(7)8,23(9)10)24(11)12/h19-24H,13-14H2,1-12H3. The number of hydrogen-bond donors (Lipinski definition) is 0. The van der Waals surface area contributed by atoms with Crippen LogP contribution in [0.2, 0.25) is 33.2 Å². The molecule has 2 heteroatoms. The van der Waals surface area contributed by atoms with Crippen molar-refractivity contribution in [3.63, 3.8) is 0 Å². The first-order valence-electron chi connectivity index (χ1n) is 10.9. The van der Waals surface area contributed by atoms with E-state index < -0.39 is 16.1 Å². The van der Waals surface area contributed by atoms with E-state index in [1.807, 2.05) is 0 Å². The van der Waals surface area contributed by atoms with Gasteiger partial charge in [0.25, 0.3) is 0 Å². The monoisotopic (exact) mass is 390 g/mol. The lowest BCUT2D eigenvalue weighted by Crippen LogP contribution is -2.43. The van der Waals surface area contributed by atoms with Crippen LogP contribution in [0.4, 0.5) is 0 Å². The molecule has 0 aliphatic heterocycles. The molecule has 26 heavy (non-hydrogen) atoms. The fourth-order valence-corrected chi connectivity index (χ4v) is 16.0. The normalized spacial score (nSPS) is 12.8. The SMILES string of the molecule is CC(C)[Si](C#CCCC#C[Si](C(C)C)(C(C)C)C(C)C)(C(C)C)C(C)C. The second kappa shape index (κ2) is 10.8. The van der Waals surface area contributed by atoms with Gasteiger partial charge in [-0.15, -0.1) is 22.9 Å². The van der Waals surface area contributed by atoms with Gasteiger partial charge in [-0.05, 0) is 33.2 Å². The minimum atomic E-state index is -1.58. The highest BCUT2D eigenvalue weighted by molar-refractivity contribution is 6.91. The first-order valence-corrected chi connectivity index (χ1v) is 15.3. The fourth-order valence-electron chi connectivity index (χ4n) is 5.42. The van der Waals surface area contributed by atoms with Crippen molar-refractivity contribution in [3.05, 3.63) is 0 Å². The molecule has 0 saturated heterocycles. The lowest BCUT2D eigenvalue weighted by molar-refractivity contribution is 0.837. The van der Waals surface area contributed by atoms with Crippen LogP contribution in [0.5, 0.6) is 0 Å². The van der Waals surface area contributed by atoms with Crippen LogP contribution in [0, 0.1) is 22.9 Å². The van der Waals surface area contributed by atoms with Gasteiger partial charge in [-0.25, -0.2) is 0 Å². The van der Waals surface area contributed by atoms with E-state index in [2.05, 4.69) is 106 Å². The van der Waals surface area contributed by atoms with E-state index in [9.17, 15) is 0 Å². The quantitative estimate of drug-likeness (QED) is 0.233. The molecule has 0 aliphatic rings. The van der Waals surface area contributed by atoms with Gasteiger partial charge in [0, 0.05) is 12.8 Å². The van der Waals surface area contributed by atoms with Gasteiger partial charge in [-0.3, -0.25) is 0 Å². The van der Waals surface area contributed by atoms with E-state index in [4.69, 9.17) is 0 Å². The van der Waals surface area contributed by atoms with Crippen LogP contribution in [0.1, 0.15) is 95.9 Å². The Morgan fingerprint density at radius 1 is 0.423 bits per heavy atom. The van der Waals surface area contributed by atoms with Crippen LogP contribution >= 0.6 is 0 Å². The van der Waals surface area contributed by atoms with Gasteiger partial charge in [0.1, 0.15) is 16.1 Å². The summed E-state index contributed by atoms with van der Waals surface area (Å²) in [5.74, 6) is 7.14. The van der Waals surface area contributed by atoms with E-state index in [1.54, 1.807) is 0 Å². The van der Waals surface area contributed by atoms with Gasteiger partial charge in [0.05, 0.1) is 0 Å². The lowest BCUT2D eigenvalue weighted by atomic mass is 10.3. The van der Waals surface area contributed by atoms with E-state index >= 15 is 0 Å². The highest BCUT2D eigenvalue weighted by atomic mass is 28.3. The Balaban J connectivity index is 5.35. The molecule has 0 aromatic heterocycles. The van der Waals surface area contributed by atoms with Gasteiger partial charge in [-0.2, -0.15) is 0 Å². The van der Waals surface area contributed by atoms with Crippen LogP contribution in [0.25, 0.3) is 0 Å². The van der Waals surface area contributed by atoms with Gasteiger partial charge in [0.15, 0.2) is 0 Å². The fraction of sp³-hybridized carbons (Fsp3) is 0.833. The zero-order chi connectivity index (χ0) is 20.7. The maximum absolute atomic E-state index is 3.83. The summed E-state index contributed by atoms with van der Waals surface area (Å²) in [5, 5.41) is 0. The molecule has 0 heterocycles. The third-order valence-corrected chi connectivity index (χ3v) is 19.4. The lowest BCUT2D eigenvalue weighted by Gasteiger charge is -2.38. The molecule has 0 saturated carbocycles. The third kappa shape index (κ3) is 5.53. The van der Waals surface area contributed by atoms with Crippen LogP contribution in [-0.4, -0.2) is 16.1 Å². The Hall–Kier alpha value is -0.446. The molecule has 150 valence electrons. The van der Waals surface area contributed by atoms with E-state index in [1.165, 1.54) is 0 Å². The summed E-state index contributed by atoms with van der Waals surface area (Å²) in [4.78, 5) is 0. The molecule has 0 rings (SSSR count). The molecule has 0 unspecified atom stereocenters. The summed E-state index contributed by atoms with van der Waals surface area (Å²) < 4.78 is 0. The summed E-state index contributed by atoms with van der Waals surface area (Å²) in [6.07, 6.45) is 1.87. The Labute approximate surface area is 168 Å². The zero-order valence-electron chi connectivity index (χ0n) is 19.9. The number of rotatable bonds is 7. The van der Waals surface area contributed by atoms with Crippen LogP contribution in [0.3, 0.4) is 0 Å². The van der Waals surface area contributed by atoms with Gasteiger partial charge in [0.2, 0.25) is 0 Å². The molecule has 0 radical (unpaired) electrons. The zero-order valence-corrected chi connectivity index (χ0v) is 21.9. The van der Waals surface area contributed by atoms with Crippen molar-refractivity contribution in [3.8, 4) is 22.9 Å². The highest BCUT2D eigenvalue weighted by Crippen LogP contribution is 2.41. The first-order chi connectivity index (χ1) is 11.9. The van der Waals surface area contributed by atoms with Crippen molar-refractivity contribution in [1.82, 2.24) is 0 Å². The largest absolute Gasteiger partial charge is 0.145 e. The Kier molecular flexibility index (Phi) is 10.6. The average Bonchev–Trinajstić information content (AvgIpc) is 2.47. The smallest absolute Gasteiger partial charge is 0.130 e. The molecule has 0 amide bonds. The number of hydrogen-bond acceptors (Lipinski definition) is 0. The van der Waals surface area contributed by atoms with Crippen LogP contribution in [-0.2, 0) is 0 Å². The summed E-state index contributed by atoms with van der Waals surface area (Å²) in [7, 11) is -3.16. The molecule has 0 nitrogen and oxygen atoms in total. The van der Waals surface area contributed by atoms with Crippen molar-refractivity contribution >= 4 is 16.1 Å². The van der Waals surface area contributed by atoms with E-state index in [0.717, 1.165) is 12.8 Å². The van der Waals surface area contributed by atoms with Gasteiger partial charge < -0.3 is 0 Å². The van der Waals surface area contributed by atoms with Crippen molar-refractivity contribution in [1.29, 1.82) is 0 Å². The second-order valence-corrected chi connectivity index (χ2v) is 21.1. The molecule has 0 atom stereocenters. The summed E-state index contributed by atoms with van der Waals surface area (Å²) in [6.45, 7) is 28.6. The van der Waals surface area contributed by atoms with Gasteiger partial charge in [-0.1, -0.05) is 83.1 Å². The molecule has 0 spiro atoms. The molecule has 0 aliphatic carbocycles. The second-order valence-electron chi connectivity index (χ2n) is 9.90. The predicted molar refractivity (Wildman–Crippen MR) is 127 cm³/mol. The van der Waals surface area contributed by atoms with Gasteiger partial charge >= 0.3 is 0 Å². The van der Waals surface area contributed by atoms with E-state index in [-0.39, 0.29) is 0 Å². The van der Waals surface area contributed by atoms with Crippen molar-refractivity contribution in [2.75, 3.05) is 0 Å². The molecular formula is C24H46Si2. The topological polar surface area (TPSA) is 0 Å². The summed E-state index contributed by atoms with van der Waals surface area (Å²) >= 11 is 0. The Bertz CT molecular complexity index is 436. The minimum absolute atomic E-state index is 0.712. The summed E-state index contributed by atoms with van der Waals surface area (Å²) in [6, 6.07) is 0. The molecule has 0 fully saturated rings. The molecule has 0 N–H and O–H groups in total. The van der Waals surface area contributed by atoms with Crippen molar-refractivity contribution in [2.24, 2.45) is 0 Å². The summed E-state index contributed by atoms with van der Waals surface area (Å²) in [5.41, 5.74) is 11.9. The predicted octanol–water partition coefficient (Wildman–Crippen LogP) is 8.21.